The van der Waals surface area contributed by atoms with E-state index >= 15 is 0 Å². The van der Waals surface area contributed by atoms with Crippen LogP contribution in [-0.2, 0) is 4.74 Å². The molecule has 0 saturated carbocycles. The third-order valence-corrected chi connectivity index (χ3v) is 2.00. The molecule has 0 radical (unpaired) electrons. The summed E-state index contributed by atoms with van der Waals surface area (Å²) in [6.07, 6.45) is 1.54. The van der Waals surface area contributed by atoms with Gasteiger partial charge < -0.3 is 9.64 Å². The zero-order valence-electron chi connectivity index (χ0n) is 6.13. The van der Waals surface area contributed by atoms with Crippen LogP contribution in [0.2, 0.25) is 0 Å². The standard InChI is InChI=1S/C7H14NO/c1-6-4-7(9-3)5-8(6)2/h6-7H,2,4-5H2,1,3H3/q-1/t6-,7+/m0/s1. The van der Waals surface area contributed by atoms with Gasteiger partial charge in [0.05, 0.1) is 6.10 Å². The molecule has 1 heterocycles. The number of nitrogens with zero attached hydrogens (tertiary/aromatic N) is 1. The minimum absolute atomic E-state index is 0.414. The van der Waals surface area contributed by atoms with Crippen LogP contribution in [0, 0.1) is 7.05 Å². The fourth-order valence-corrected chi connectivity index (χ4v) is 1.22. The van der Waals surface area contributed by atoms with Crippen molar-refractivity contribution in [2.75, 3.05) is 13.7 Å². The van der Waals surface area contributed by atoms with Crippen molar-refractivity contribution in [3.8, 4) is 0 Å². The van der Waals surface area contributed by atoms with E-state index in [-0.39, 0.29) is 0 Å². The van der Waals surface area contributed by atoms with Crippen molar-refractivity contribution in [2.24, 2.45) is 0 Å². The topological polar surface area (TPSA) is 12.5 Å². The molecule has 54 valence electrons. The molecule has 2 atom stereocenters. The highest BCUT2D eigenvalue weighted by molar-refractivity contribution is 4.81. The SMILES string of the molecule is [CH2-]N1C[C@H](OC)C[C@@H]1C. The van der Waals surface area contributed by atoms with Gasteiger partial charge in [0.25, 0.3) is 0 Å². The molecule has 0 aromatic rings. The number of ether oxygens (including phenoxy) is 1. The van der Waals surface area contributed by atoms with Crippen molar-refractivity contribution in [3.63, 3.8) is 0 Å². The van der Waals surface area contributed by atoms with Gasteiger partial charge in [0.2, 0.25) is 0 Å². The molecular weight excluding hydrogens is 114 g/mol. The predicted octanol–water partition coefficient (Wildman–Crippen LogP) is 0.887. The predicted molar refractivity (Wildman–Crippen MR) is 36.9 cm³/mol. The maximum atomic E-state index is 5.17. The normalized spacial score (nSPS) is 37.7. The number of methoxy groups -OCH3 is 1. The zero-order valence-corrected chi connectivity index (χ0v) is 6.13. The number of likely N-dealkylation sites (tertiary alicyclic amines) is 1. The summed E-state index contributed by atoms with van der Waals surface area (Å²) < 4.78 is 5.17. The molecule has 0 aliphatic carbocycles. The van der Waals surface area contributed by atoms with Crippen LogP contribution in [0.4, 0.5) is 0 Å². The Labute approximate surface area is 56.8 Å². The minimum atomic E-state index is 0.414. The zero-order chi connectivity index (χ0) is 6.85. The van der Waals surface area contributed by atoms with E-state index in [0.29, 0.717) is 12.1 Å². The van der Waals surface area contributed by atoms with Gasteiger partial charge in [0.1, 0.15) is 0 Å². The smallest absolute Gasteiger partial charge is 0.0688 e. The second-order valence-corrected chi connectivity index (χ2v) is 2.71. The number of rotatable bonds is 1. The van der Waals surface area contributed by atoms with Gasteiger partial charge in [-0.05, 0) is 19.0 Å². The van der Waals surface area contributed by atoms with Gasteiger partial charge in [-0.25, -0.2) is 0 Å². The molecule has 9 heavy (non-hydrogen) atoms. The number of hydrogen-bond acceptors (Lipinski definition) is 2. The van der Waals surface area contributed by atoms with Crippen LogP contribution < -0.4 is 0 Å². The third-order valence-electron chi connectivity index (χ3n) is 2.00. The van der Waals surface area contributed by atoms with Crippen LogP contribution in [0.1, 0.15) is 13.3 Å². The van der Waals surface area contributed by atoms with Crippen LogP contribution in [-0.4, -0.2) is 30.7 Å². The lowest BCUT2D eigenvalue weighted by atomic mass is 10.2. The van der Waals surface area contributed by atoms with Gasteiger partial charge in [0.15, 0.2) is 0 Å². The fraction of sp³-hybridized carbons (Fsp3) is 0.857. The molecular formula is C7H14NO-. The first kappa shape index (κ1) is 7.03. The van der Waals surface area contributed by atoms with Gasteiger partial charge in [0, 0.05) is 7.11 Å². The average molecular weight is 128 g/mol. The van der Waals surface area contributed by atoms with Gasteiger partial charge in [-0.3, -0.25) is 7.05 Å². The number of hydrogen-bond donors (Lipinski definition) is 0. The van der Waals surface area contributed by atoms with E-state index in [4.69, 9.17) is 4.74 Å². The molecule has 2 heteroatoms. The lowest BCUT2D eigenvalue weighted by Gasteiger charge is -2.22. The molecule has 1 aliphatic rings. The summed E-state index contributed by atoms with van der Waals surface area (Å²) in [7, 11) is 5.63. The van der Waals surface area contributed by atoms with Gasteiger partial charge in [-0.1, -0.05) is 6.92 Å². The Kier molecular flexibility index (Phi) is 2.09. The van der Waals surface area contributed by atoms with Crippen molar-refractivity contribution in [1.29, 1.82) is 0 Å². The minimum Gasteiger partial charge on any atom is -0.455 e. The molecule has 0 unspecified atom stereocenters. The van der Waals surface area contributed by atoms with Crippen LogP contribution in [0.5, 0.6) is 0 Å². The van der Waals surface area contributed by atoms with Crippen LogP contribution in [0.15, 0.2) is 0 Å². The summed E-state index contributed by atoms with van der Waals surface area (Å²) in [4.78, 5) is 2.08. The summed E-state index contributed by atoms with van der Waals surface area (Å²) in [5, 5.41) is 0. The van der Waals surface area contributed by atoms with Crippen molar-refractivity contribution in [2.45, 2.75) is 25.5 Å². The van der Waals surface area contributed by atoms with Crippen molar-refractivity contribution in [3.05, 3.63) is 7.05 Å². The van der Waals surface area contributed by atoms with Gasteiger partial charge in [-0.15, -0.1) is 0 Å². The fourth-order valence-electron chi connectivity index (χ4n) is 1.22. The van der Waals surface area contributed by atoms with Crippen molar-refractivity contribution < 1.29 is 4.74 Å². The Bertz CT molecular complexity index is 84.9. The molecule has 0 amide bonds. The molecule has 1 rings (SSSR count). The Hall–Kier alpha value is -0.0800. The monoisotopic (exact) mass is 128 g/mol. The first-order chi connectivity index (χ1) is 4.24. The van der Waals surface area contributed by atoms with E-state index in [1.807, 2.05) is 0 Å². The van der Waals surface area contributed by atoms with E-state index in [2.05, 4.69) is 18.9 Å². The average Bonchev–Trinajstić information content (AvgIpc) is 2.13. The summed E-state index contributed by atoms with van der Waals surface area (Å²) >= 11 is 0. The lowest BCUT2D eigenvalue weighted by molar-refractivity contribution is 0.112. The highest BCUT2D eigenvalue weighted by atomic mass is 16.5. The maximum absolute atomic E-state index is 5.17. The first-order valence-electron chi connectivity index (χ1n) is 3.34. The van der Waals surface area contributed by atoms with E-state index < -0.39 is 0 Å². The molecule has 2 nitrogen and oxygen atoms in total. The van der Waals surface area contributed by atoms with Gasteiger partial charge in [-0.2, -0.15) is 0 Å². The summed E-state index contributed by atoms with van der Waals surface area (Å²) in [6.45, 7) is 3.16. The lowest BCUT2D eigenvalue weighted by Crippen LogP contribution is -2.19. The maximum Gasteiger partial charge on any atom is 0.0688 e. The summed E-state index contributed by atoms with van der Waals surface area (Å²) in [6, 6.07) is 0.593. The highest BCUT2D eigenvalue weighted by Gasteiger charge is 2.21. The Morgan fingerprint density at radius 1 is 1.67 bits per heavy atom. The second kappa shape index (κ2) is 2.67. The quantitative estimate of drug-likeness (QED) is 0.486. The highest BCUT2D eigenvalue weighted by Crippen LogP contribution is 2.17. The largest absolute Gasteiger partial charge is 0.455 e. The van der Waals surface area contributed by atoms with Crippen molar-refractivity contribution >= 4 is 0 Å². The molecule has 0 bridgehead atoms. The van der Waals surface area contributed by atoms with Crippen molar-refractivity contribution in [1.82, 2.24) is 4.90 Å². The first-order valence-corrected chi connectivity index (χ1v) is 3.34. The summed E-state index contributed by atoms with van der Waals surface area (Å²) in [5.41, 5.74) is 0. The Morgan fingerprint density at radius 3 is 2.56 bits per heavy atom. The molecule has 0 aromatic carbocycles. The molecule has 1 aliphatic heterocycles. The van der Waals surface area contributed by atoms with Gasteiger partial charge >= 0.3 is 0 Å². The molecule has 1 saturated heterocycles. The molecule has 1 fully saturated rings. The third kappa shape index (κ3) is 1.43. The molecule has 0 spiro atoms. The van der Waals surface area contributed by atoms with Crippen LogP contribution in [0.25, 0.3) is 0 Å². The Balaban J connectivity index is 2.35. The van der Waals surface area contributed by atoms with E-state index in [1.165, 1.54) is 0 Å². The second-order valence-electron chi connectivity index (χ2n) is 2.71. The van der Waals surface area contributed by atoms with Crippen LogP contribution in [0.3, 0.4) is 0 Å². The van der Waals surface area contributed by atoms with E-state index in [1.54, 1.807) is 7.11 Å². The molecule has 0 aromatic heterocycles. The molecule has 0 N–H and O–H groups in total. The van der Waals surface area contributed by atoms with E-state index in [0.717, 1.165) is 13.0 Å². The Morgan fingerprint density at radius 2 is 2.33 bits per heavy atom. The summed E-state index contributed by atoms with van der Waals surface area (Å²) in [5.74, 6) is 0. The van der Waals surface area contributed by atoms with Crippen LogP contribution >= 0.6 is 0 Å². The van der Waals surface area contributed by atoms with E-state index in [9.17, 15) is 0 Å².